The first-order valence-electron chi connectivity index (χ1n) is 3.68. The van der Waals surface area contributed by atoms with Crippen LogP contribution >= 0.6 is 0 Å². The second kappa shape index (κ2) is 5.71. The maximum Gasteiger partial charge on any atom is 0.634 e. The molecule has 0 amide bonds. The van der Waals surface area contributed by atoms with E-state index in [0.717, 1.165) is 19.3 Å². The highest BCUT2D eigenvalue weighted by molar-refractivity contribution is 6.32. The summed E-state index contributed by atoms with van der Waals surface area (Å²) in [5.74, 6) is 0. The lowest BCUT2D eigenvalue weighted by molar-refractivity contribution is 0.122. The molecule has 3 nitrogen and oxygen atoms in total. The Hall–Kier alpha value is -0.0551. The van der Waals surface area contributed by atoms with E-state index in [-0.39, 0.29) is 6.10 Å². The number of unbranched alkanes of at least 4 members (excludes halogenated alkanes) is 1. The average molecular weight is 146 g/mol. The Morgan fingerprint density at radius 3 is 2.50 bits per heavy atom. The third-order valence-electron chi connectivity index (χ3n) is 1.32. The van der Waals surface area contributed by atoms with Gasteiger partial charge in [-0.25, -0.2) is 0 Å². The van der Waals surface area contributed by atoms with Crippen LogP contribution in [0, 0.1) is 0 Å². The van der Waals surface area contributed by atoms with E-state index in [0.29, 0.717) is 0 Å². The van der Waals surface area contributed by atoms with Gasteiger partial charge in [0.2, 0.25) is 0 Å². The predicted molar refractivity (Wildman–Crippen MR) is 40.3 cm³/mol. The van der Waals surface area contributed by atoms with Crippen molar-refractivity contribution in [2.24, 2.45) is 0 Å². The summed E-state index contributed by atoms with van der Waals surface area (Å²) in [5, 5.41) is 16.7. The summed E-state index contributed by atoms with van der Waals surface area (Å²) in [5.41, 5.74) is 0. The first-order valence-corrected chi connectivity index (χ1v) is 3.68. The minimum Gasteiger partial charge on any atom is -0.402 e. The molecule has 0 aromatic heterocycles. The van der Waals surface area contributed by atoms with Crippen LogP contribution in [0.3, 0.4) is 0 Å². The van der Waals surface area contributed by atoms with Gasteiger partial charge in [0.15, 0.2) is 0 Å². The molecule has 60 valence electrons. The molecule has 1 unspecified atom stereocenters. The van der Waals surface area contributed by atoms with Gasteiger partial charge in [-0.05, 0) is 13.3 Å². The maximum absolute atomic E-state index is 8.36. The lowest BCUT2D eigenvalue weighted by Gasteiger charge is -2.10. The van der Waals surface area contributed by atoms with E-state index in [2.05, 4.69) is 11.6 Å². The van der Waals surface area contributed by atoms with Gasteiger partial charge in [-0.15, -0.1) is 0 Å². The van der Waals surface area contributed by atoms with Gasteiger partial charge >= 0.3 is 7.32 Å². The molecule has 0 bridgehead atoms. The van der Waals surface area contributed by atoms with Gasteiger partial charge in [0.25, 0.3) is 0 Å². The van der Waals surface area contributed by atoms with Gasteiger partial charge < -0.3 is 14.7 Å². The zero-order valence-corrected chi connectivity index (χ0v) is 6.58. The van der Waals surface area contributed by atoms with E-state index in [9.17, 15) is 0 Å². The Balaban J connectivity index is 3.16. The van der Waals surface area contributed by atoms with Crippen LogP contribution in [0.4, 0.5) is 0 Å². The molecule has 0 fully saturated rings. The molecule has 10 heavy (non-hydrogen) atoms. The SMILES string of the molecule is CCCCC(C)OB(O)O. The third-order valence-corrected chi connectivity index (χ3v) is 1.32. The van der Waals surface area contributed by atoms with Crippen molar-refractivity contribution in [1.29, 1.82) is 0 Å². The van der Waals surface area contributed by atoms with Crippen LogP contribution in [0.5, 0.6) is 0 Å². The van der Waals surface area contributed by atoms with Crippen LogP contribution in [0.1, 0.15) is 33.1 Å². The largest absolute Gasteiger partial charge is 0.634 e. The summed E-state index contributed by atoms with van der Waals surface area (Å²) in [7, 11) is -1.62. The second-order valence-electron chi connectivity index (χ2n) is 2.42. The van der Waals surface area contributed by atoms with Crippen LogP contribution in [-0.2, 0) is 4.65 Å². The molecule has 0 spiro atoms. The lowest BCUT2D eigenvalue weighted by atomic mass is 10.1. The summed E-state index contributed by atoms with van der Waals surface area (Å²) >= 11 is 0. The monoisotopic (exact) mass is 146 g/mol. The van der Waals surface area contributed by atoms with E-state index < -0.39 is 7.32 Å². The molecule has 0 aromatic rings. The molecule has 0 aliphatic carbocycles. The van der Waals surface area contributed by atoms with Crippen LogP contribution in [-0.4, -0.2) is 23.5 Å². The predicted octanol–water partition coefficient (Wildman–Crippen LogP) is 0.551. The zero-order chi connectivity index (χ0) is 7.98. The van der Waals surface area contributed by atoms with Crippen molar-refractivity contribution in [1.82, 2.24) is 0 Å². The number of hydrogen-bond acceptors (Lipinski definition) is 3. The van der Waals surface area contributed by atoms with Gasteiger partial charge in [-0.1, -0.05) is 19.8 Å². The highest BCUT2D eigenvalue weighted by Crippen LogP contribution is 2.03. The van der Waals surface area contributed by atoms with E-state index in [1.54, 1.807) is 0 Å². The minimum atomic E-state index is -1.62. The Morgan fingerprint density at radius 1 is 1.50 bits per heavy atom. The summed E-state index contributed by atoms with van der Waals surface area (Å²) < 4.78 is 4.66. The Morgan fingerprint density at radius 2 is 2.10 bits per heavy atom. The molecular weight excluding hydrogens is 131 g/mol. The van der Waals surface area contributed by atoms with Crippen molar-refractivity contribution in [2.45, 2.75) is 39.2 Å². The fraction of sp³-hybridized carbons (Fsp3) is 1.00. The van der Waals surface area contributed by atoms with Gasteiger partial charge in [0.05, 0.1) is 0 Å². The molecule has 0 aliphatic heterocycles. The molecule has 0 radical (unpaired) electrons. The second-order valence-corrected chi connectivity index (χ2v) is 2.42. The Labute approximate surface area is 62.2 Å². The fourth-order valence-corrected chi connectivity index (χ4v) is 0.767. The molecule has 0 saturated carbocycles. The van der Waals surface area contributed by atoms with Gasteiger partial charge in [-0.2, -0.15) is 0 Å². The summed E-state index contributed by atoms with van der Waals surface area (Å²) in [4.78, 5) is 0. The van der Waals surface area contributed by atoms with E-state index in [1.807, 2.05) is 6.92 Å². The molecular formula is C6H15BO3. The van der Waals surface area contributed by atoms with Crippen LogP contribution in [0.15, 0.2) is 0 Å². The maximum atomic E-state index is 8.36. The van der Waals surface area contributed by atoms with Gasteiger partial charge in [-0.3, -0.25) is 0 Å². The van der Waals surface area contributed by atoms with E-state index in [1.165, 1.54) is 0 Å². The molecule has 0 aliphatic rings. The molecule has 0 heterocycles. The number of hydrogen-bond donors (Lipinski definition) is 2. The van der Waals surface area contributed by atoms with Crippen LogP contribution in [0.2, 0.25) is 0 Å². The molecule has 0 rings (SSSR count). The Bertz CT molecular complexity index is 77.4. The van der Waals surface area contributed by atoms with Crippen molar-refractivity contribution in [3.05, 3.63) is 0 Å². The number of rotatable bonds is 5. The highest BCUT2D eigenvalue weighted by atomic mass is 16.6. The normalized spacial score (nSPS) is 13.2. The lowest BCUT2D eigenvalue weighted by Crippen LogP contribution is -2.23. The summed E-state index contributed by atoms with van der Waals surface area (Å²) in [6.07, 6.45) is 3.00. The molecule has 2 N–H and O–H groups in total. The topological polar surface area (TPSA) is 49.7 Å². The first kappa shape index (κ1) is 9.94. The van der Waals surface area contributed by atoms with Gasteiger partial charge in [0, 0.05) is 6.10 Å². The van der Waals surface area contributed by atoms with Crippen LogP contribution in [0.25, 0.3) is 0 Å². The molecule has 1 atom stereocenters. The zero-order valence-electron chi connectivity index (χ0n) is 6.58. The third kappa shape index (κ3) is 6.07. The van der Waals surface area contributed by atoms with Crippen molar-refractivity contribution in [2.75, 3.05) is 0 Å². The van der Waals surface area contributed by atoms with Crippen molar-refractivity contribution >= 4 is 7.32 Å². The quantitative estimate of drug-likeness (QED) is 0.557. The summed E-state index contributed by atoms with van der Waals surface area (Å²) in [6, 6.07) is 0. The standard InChI is InChI=1S/C6H15BO3/c1-3-4-5-6(2)10-7(8)9/h6,8-9H,3-5H2,1-2H3. The average Bonchev–Trinajstić information content (AvgIpc) is 1.82. The molecule has 0 saturated heterocycles. The highest BCUT2D eigenvalue weighted by Gasteiger charge is 2.12. The Kier molecular flexibility index (Phi) is 5.68. The summed E-state index contributed by atoms with van der Waals surface area (Å²) in [6.45, 7) is 3.91. The van der Waals surface area contributed by atoms with Crippen LogP contribution < -0.4 is 0 Å². The van der Waals surface area contributed by atoms with E-state index in [4.69, 9.17) is 10.0 Å². The first-order chi connectivity index (χ1) is 4.66. The van der Waals surface area contributed by atoms with Gasteiger partial charge in [0.1, 0.15) is 0 Å². The molecule has 4 heteroatoms. The van der Waals surface area contributed by atoms with E-state index >= 15 is 0 Å². The minimum absolute atomic E-state index is 0.0556. The fourth-order valence-electron chi connectivity index (χ4n) is 0.767. The van der Waals surface area contributed by atoms with Crippen molar-refractivity contribution in [3.8, 4) is 0 Å². The van der Waals surface area contributed by atoms with Crippen molar-refractivity contribution in [3.63, 3.8) is 0 Å². The smallest absolute Gasteiger partial charge is 0.402 e. The molecule has 0 aromatic carbocycles. The van der Waals surface area contributed by atoms with Crippen molar-refractivity contribution < 1.29 is 14.7 Å².